The summed E-state index contributed by atoms with van der Waals surface area (Å²) in [7, 11) is 1.15. The third-order valence-electron chi connectivity index (χ3n) is 4.90. The predicted octanol–water partition coefficient (Wildman–Crippen LogP) is -7.05. The second-order valence-electron chi connectivity index (χ2n) is 6.75. The maximum atomic E-state index is 11.6. The zero-order valence-corrected chi connectivity index (χ0v) is 19.3. The van der Waals surface area contributed by atoms with Crippen molar-refractivity contribution in [3.8, 4) is 0 Å². The van der Waals surface area contributed by atoms with Crippen LogP contribution in [-0.4, -0.2) is 94.8 Å². The first-order valence-electron chi connectivity index (χ1n) is 8.81. The van der Waals surface area contributed by atoms with Crippen LogP contribution in [0.2, 0.25) is 0 Å². The predicted molar refractivity (Wildman–Crippen MR) is 90.9 cm³/mol. The molecule has 10 atom stereocenters. The largest absolute Gasteiger partial charge is 1.00 e. The molecule has 2 fully saturated rings. The average molecular weight is 448 g/mol. The minimum absolute atomic E-state index is 0. The Hall–Kier alpha value is -0.420. The summed E-state index contributed by atoms with van der Waals surface area (Å²) in [6, 6.07) is -0.979. The van der Waals surface area contributed by atoms with Crippen LogP contribution in [0.5, 0.6) is 0 Å². The number of aliphatic hydroxyl groups excluding tert-OH is 4. The molecule has 2 heterocycles. The molecule has 0 aliphatic carbocycles. The summed E-state index contributed by atoms with van der Waals surface area (Å²) in [5.41, 5.74) is 0. The zero-order valence-electron chi connectivity index (χ0n) is 17.3. The summed E-state index contributed by atoms with van der Waals surface area (Å²) in [4.78, 5) is 23.0. The van der Waals surface area contributed by atoms with E-state index in [0.717, 1.165) is 7.11 Å². The smallest absolute Gasteiger partial charge is 0.547 e. The number of aliphatic carboxylic acids is 1. The van der Waals surface area contributed by atoms with Crippen LogP contribution in [0.15, 0.2) is 0 Å². The molecule has 0 spiro atoms. The van der Waals surface area contributed by atoms with E-state index in [1.807, 2.05) is 0 Å². The minimum atomic E-state index is -1.84. The van der Waals surface area contributed by atoms with Crippen molar-refractivity contribution >= 4 is 11.9 Å². The fourth-order valence-electron chi connectivity index (χ4n) is 3.48. The van der Waals surface area contributed by atoms with Crippen LogP contribution in [0, 0.1) is 5.92 Å². The van der Waals surface area contributed by atoms with Crippen LogP contribution in [-0.2, 0) is 28.5 Å². The number of ether oxygens (including phenoxy) is 4. The van der Waals surface area contributed by atoms with Crippen molar-refractivity contribution in [2.45, 2.75) is 75.7 Å². The van der Waals surface area contributed by atoms with E-state index < -0.39 is 73.2 Å². The van der Waals surface area contributed by atoms with Gasteiger partial charge in [-0.2, -0.15) is 0 Å². The summed E-state index contributed by atoms with van der Waals surface area (Å²) in [5.74, 6) is -2.92. The maximum Gasteiger partial charge on any atom is 1.00 e. The Balaban J connectivity index is 0.00000420. The number of carbonyl (C=O) groups is 2. The van der Waals surface area contributed by atoms with E-state index in [0.29, 0.717) is 6.42 Å². The van der Waals surface area contributed by atoms with Crippen molar-refractivity contribution in [1.82, 2.24) is 11.5 Å². The number of carboxylic acids is 1. The normalized spacial score (nSPS) is 41.2. The van der Waals surface area contributed by atoms with E-state index in [-0.39, 0.29) is 35.7 Å². The number of rotatable bonds is 6. The summed E-state index contributed by atoms with van der Waals surface area (Å²) < 4.78 is 20.6. The molecule has 2 saturated heterocycles. The third kappa shape index (κ3) is 6.31. The second kappa shape index (κ2) is 12.6. The first-order chi connectivity index (χ1) is 13.1. The fourth-order valence-corrected chi connectivity index (χ4v) is 3.48. The molecular weight excluding hydrogens is 419 g/mol. The monoisotopic (exact) mass is 448 g/mol. The van der Waals surface area contributed by atoms with Gasteiger partial charge in [-0.1, -0.05) is 6.92 Å². The molecule has 0 aromatic rings. The number of methoxy groups -OCH3 is 1. The average Bonchev–Trinajstić information content (AvgIpc) is 2.62. The topological polar surface area (TPSA) is 222 Å². The van der Waals surface area contributed by atoms with Crippen LogP contribution < -0.4 is 46.1 Å². The Bertz CT molecular complexity index is 571. The Labute approximate surface area is 195 Å². The van der Waals surface area contributed by atoms with Crippen molar-refractivity contribution in [2.75, 3.05) is 7.11 Å². The molecule has 1 amide bonds. The van der Waals surface area contributed by atoms with Crippen LogP contribution >= 0.6 is 0 Å². The Kier molecular flexibility index (Phi) is 12.4. The summed E-state index contributed by atoms with van der Waals surface area (Å²) in [5, 5.41) is 54.4. The molecular formula is C16H29N2NaO11. The van der Waals surface area contributed by atoms with E-state index in [1.54, 1.807) is 6.92 Å². The zero-order chi connectivity index (χ0) is 21.2. The van der Waals surface area contributed by atoms with Gasteiger partial charge >= 0.3 is 29.6 Å². The van der Waals surface area contributed by atoms with E-state index in [9.17, 15) is 35.1 Å². The van der Waals surface area contributed by atoms with Gasteiger partial charge in [0, 0.05) is 20.0 Å². The first kappa shape index (κ1) is 29.6. The molecule has 0 bridgehead atoms. The Morgan fingerprint density at radius 2 is 1.67 bits per heavy atom. The molecule has 170 valence electrons. The summed E-state index contributed by atoms with van der Waals surface area (Å²) in [6.45, 7) is 2.92. The summed E-state index contributed by atoms with van der Waals surface area (Å²) >= 11 is 0. The van der Waals surface area contributed by atoms with Gasteiger partial charge in [-0.05, 0) is 6.42 Å². The van der Waals surface area contributed by atoms with Crippen LogP contribution in [0.4, 0.5) is 0 Å². The van der Waals surface area contributed by atoms with Crippen molar-refractivity contribution in [3.05, 3.63) is 0 Å². The van der Waals surface area contributed by atoms with Gasteiger partial charge in [0.05, 0.1) is 12.0 Å². The molecule has 0 aromatic carbocycles. The number of hydrogen-bond donors (Lipinski definition) is 6. The van der Waals surface area contributed by atoms with Crippen LogP contribution in [0.1, 0.15) is 20.3 Å². The molecule has 2 aliphatic heterocycles. The standard InChI is InChI=1S/C16H27NO11.H3N.Na/c1-4-6-7(17-5(2)18)15(28-14(24)8(6)19)26-11-9(20)10(21)16(25-3)27-12(11)13(22)23;;/h6-12,14-16,19-21,24H,4H2,1-3H3,(H,17,18)(H,22,23);1H3;/q;;+1/p-1/t6?,7-,8-,9+,10+,11-,12-,14+,15-,16?;;/m1../s1. The number of nitrogens with one attached hydrogen (secondary N) is 1. The molecule has 0 radical (unpaired) electrons. The Morgan fingerprint density at radius 1 is 1.07 bits per heavy atom. The van der Waals surface area contributed by atoms with Gasteiger partial charge in [0.15, 0.2) is 18.9 Å². The minimum Gasteiger partial charge on any atom is -0.547 e. The van der Waals surface area contributed by atoms with Gasteiger partial charge in [0.1, 0.15) is 30.5 Å². The third-order valence-corrected chi connectivity index (χ3v) is 4.90. The number of carboxylic acid groups (broad SMARTS) is 1. The molecule has 30 heavy (non-hydrogen) atoms. The van der Waals surface area contributed by atoms with Gasteiger partial charge in [-0.3, -0.25) is 4.79 Å². The molecule has 2 rings (SSSR count). The van der Waals surface area contributed by atoms with Gasteiger partial charge in [0.2, 0.25) is 5.91 Å². The molecule has 14 heteroatoms. The number of aliphatic hydroxyl groups is 4. The Morgan fingerprint density at radius 3 is 2.13 bits per heavy atom. The second-order valence-corrected chi connectivity index (χ2v) is 6.75. The van der Waals surface area contributed by atoms with Gasteiger partial charge in [-0.25, -0.2) is 0 Å². The van der Waals surface area contributed by atoms with Crippen molar-refractivity contribution in [2.24, 2.45) is 5.92 Å². The van der Waals surface area contributed by atoms with Crippen molar-refractivity contribution in [1.29, 1.82) is 0 Å². The first-order valence-corrected chi connectivity index (χ1v) is 8.81. The summed E-state index contributed by atoms with van der Waals surface area (Å²) in [6.07, 6.45) is -12.5. The molecule has 0 aromatic heterocycles. The van der Waals surface area contributed by atoms with Crippen LogP contribution in [0.3, 0.4) is 0 Å². The molecule has 0 saturated carbocycles. The van der Waals surface area contributed by atoms with Gasteiger partial charge in [-0.15, -0.1) is 0 Å². The van der Waals surface area contributed by atoms with E-state index in [1.165, 1.54) is 6.92 Å². The van der Waals surface area contributed by atoms with E-state index in [4.69, 9.17) is 18.9 Å². The van der Waals surface area contributed by atoms with Crippen LogP contribution in [0.25, 0.3) is 0 Å². The number of hydrogen-bond acceptors (Lipinski definition) is 12. The fraction of sp³-hybridized carbons (Fsp3) is 0.875. The van der Waals surface area contributed by atoms with Gasteiger partial charge < -0.3 is 60.7 Å². The maximum absolute atomic E-state index is 11.6. The molecule has 2 aliphatic rings. The number of carbonyl (C=O) groups excluding carboxylic acids is 2. The van der Waals surface area contributed by atoms with E-state index in [2.05, 4.69) is 5.32 Å². The quantitative estimate of drug-likeness (QED) is 0.209. The van der Waals surface area contributed by atoms with Crippen molar-refractivity contribution in [3.63, 3.8) is 0 Å². The van der Waals surface area contributed by atoms with E-state index >= 15 is 0 Å². The van der Waals surface area contributed by atoms with Gasteiger partial charge in [0.25, 0.3) is 0 Å². The SMILES string of the molecule is CCC1[C@@H](O)[C@@H](O)O[C@@H](O[C@@H]2[C@@H](O)[C@H](O)C(OC)O[C@H]2C(=O)[O-])[C@@H]1NC(C)=O.N.[Na+]. The molecule has 2 unspecified atom stereocenters. The van der Waals surface area contributed by atoms with Crippen molar-refractivity contribution < 1.29 is 83.6 Å². The molecule has 13 nitrogen and oxygen atoms in total. The molecule has 8 N–H and O–H groups in total. The number of amides is 1.